The number of hydrogen-bond donors (Lipinski definition) is 0. The zero-order valence-corrected chi connectivity index (χ0v) is 14.7. The summed E-state index contributed by atoms with van der Waals surface area (Å²) in [5.41, 5.74) is 0.495. The summed E-state index contributed by atoms with van der Waals surface area (Å²) in [6, 6.07) is 6.49. The second-order valence-electron chi connectivity index (χ2n) is 7.05. The summed E-state index contributed by atoms with van der Waals surface area (Å²) < 4.78 is 1.24. The highest BCUT2D eigenvalue weighted by Gasteiger charge is 2.41. The number of hydrogen-bond acceptors (Lipinski definition) is 5. The van der Waals surface area contributed by atoms with Crippen LogP contribution in [0, 0.1) is 5.41 Å². The van der Waals surface area contributed by atoms with Crippen LogP contribution in [0.15, 0.2) is 24.3 Å². The number of nitrogens with zero attached hydrogens (tertiary/aromatic N) is 4. The fourth-order valence-electron chi connectivity index (χ4n) is 3.02. The van der Waals surface area contributed by atoms with E-state index in [1.807, 2.05) is 13.0 Å². The molecule has 1 unspecified atom stereocenters. The Morgan fingerprint density at radius 3 is 2.68 bits per heavy atom. The van der Waals surface area contributed by atoms with E-state index in [0.29, 0.717) is 36.8 Å². The Kier molecular flexibility index (Phi) is 4.41. The Balaban J connectivity index is 1.88. The van der Waals surface area contributed by atoms with Gasteiger partial charge in [-0.15, -0.1) is 5.10 Å². The number of Topliss-reactive ketones (excluding diaryl/α,β-unsaturated/α-hetero) is 1. The van der Waals surface area contributed by atoms with Gasteiger partial charge >= 0.3 is 0 Å². The molecule has 1 fully saturated rings. The molecule has 1 atom stereocenters. The highest BCUT2D eigenvalue weighted by Crippen LogP contribution is 2.26. The lowest BCUT2D eigenvalue weighted by atomic mass is 9.84. The number of para-hydroxylation sites is 1. The zero-order valence-electron chi connectivity index (χ0n) is 14.7. The number of aromatic nitrogens is 3. The molecule has 132 valence electrons. The molecule has 7 nitrogen and oxygen atoms in total. The van der Waals surface area contributed by atoms with Gasteiger partial charge in [0.25, 0.3) is 11.8 Å². The summed E-state index contributed by atoms with van der Waals surface area (Å²) in [6.07, 6.45) is 1.78. The van der Waals surface area contributed by atoms with Crippen LogP contribution in [-0.4, -0.2) is 50.1 Å². The van der Waals surface area contributed by atoms with E-state index >= 15 is 0 Å². The first-order valence-corrected chi connectivity index (χ1v) is 8.57. The van der Waals surface area contributed by atoms with E-state index < -0.39 is 23.1 Å². The van der Waals surface area contributed by atoms with Gasteiger partial charge in [0.2, 0.25) is 5.78 Å². The van der Waals surface area contributed by atoms with Crippen LogP contribution in [0.4, 0.5) is 0 Å². The summed E-state index contributed by atoms with van der Waals surface area (Å²) >= 11 is 0. The predicted octanol–water partition coefficient (Wildman–Crippen LogP) is 2.07. The van der Waals surface area contributed by atoms with E-state index in [-0.39, 0.29) is 5.91 Å². The molecule has 3 rings (SSSR count). The number of carbonyl (C=O) groups is 3. The fraction of sp³-hybridized carbons (Fsp3) is 0.500. The van der Waals surface area contributed by atoms with Crippen LogP contribution >= 0.6 is 0 Å². The molecule has 25 heavy (non-hydrogen) atoms. The number of ketones is 1. The molecular weight excluding hydrogens is 320 g/mol. The van der Waals surface area contributed by atoms with Crippen molar-refractivity contribution in [1.29, 1.82) is 0 Å². The highest BCUT2D eigenvalue weighted by molar-refractivity contribution is 6.38. The molecular formula is C18H22N4O3. The Hall–Kier alpha value is -2.57. The minimum absolute atomic E-state index is 0.318. The van der Waals surface area contributed by atoms with Crippen molar-refractivity contribution in [1.82, 2.24) is 19.9 Å². The van der Waals surface area contributed by atoms with E-state index in [1.54, 1.807) is 32.0 Å². The van der Waals surface area contributed by atoms with Crippen LogP contribution in [0.25, 0.3) is 11.0 Å². The number of fused-ring (bicyclic) bond motifs is 1. The second kappa shape index (κ2) is 6.38. The summed E-state index contributed by atoms with van der Waals surface area (Å²) in [5.74, 6) is -1.34. The van der Waals surface area contributed by atoms with Gasteiger partial charge in [-0.3, -0.25) is 14.4 Å². The average Bonchev–Trinajstić information content (AvgIpc) is 3.26. The van der Waals surface area contributed by atoms with Gasteiger partial charge in [-0.25, -0.2) is 0 Å². The number of amides is 1. The van der Waals surface area contributed by atoms with Crippen molar-refractivity contribution in [3.05, 3.63) is 24.3 Å². The van der Waals surface area contributed by atoms with E-state index in [4.69, 9.17) is 0 Å². The van der Waals surface area contributed by atoms with Crippen LogP contribution < -0.4 is 0 Å². The lowest BCUT2D eigenvalue weighted by Gasteiger charge is -2.27. The van der Waals surface area contributed by atoms with Gasteiger partial charge in [0.05, 0.1) is 5.52 Å². The Bertz CT molecular complexity index is 840. The van der Waals surface area contributed by atoms with Crippen LogP contribution in [0.3, 0.4) is 0 Å². The third kappa shape index (κ3) is 2.94. The van der Waals surface area contributed by atoms with Crippen LogP contribution in [0.5, 0.6) is 0 Å². The summed E-state index contributed by atoms with van der Waals surface area (Å²) in [5, 5.41) is 7.93. The molecule has 0 saturated carbocycles. The maximum Gasteiger partial charge on any atom is 0.291 e. The Morgan fingerprint density at radius 2 is 1.96 bits per heavy atom. The molecule has 1 amide bonds. The Morgan fingerprint density at radius 1 is 1.24 bits per heavy atom. The highest BCUT2D eigenvalue weighted by atomic mass is 16.2. The number of likely N-dealkylation sites (tertiary alicyclic amines) is 1. The maximum absolute atomic E-state index is 12.9. The molecule has 1 aromatic carbocycles. The normalized spacial score (nSPS) is 17.9. The first-order chi connectivity index (χ1) is 11.9. The van der Waals surface area contributed by atoms with Crippen molar-refractivity contribution in [2.75, 3.05) is 6.54 Å². The molecule has 0 spiro atoms. The largest absolute Gasteiger partial charge is 0.324 e. The summed E-state index contributed by atoms with van der Waals surface area (Å²) in [4.78, 5) is 39.5. The van der Waals surface area contributed by atoms with Gasteiger partial charge in [0.1, 0.15) is 11.6 Å². The van der Waals surface area contributed by atoms with Gasteiger partial charge in [-0.1, -0.05) is 38.1 Å². The topological polar surface area (TPSA) is 85.2 Å². The fourth-order valence-corrected chi connectivity index (χ4v) is 3.02. The van der Waals surface area contributed by atoms with Gasteiger partial charge < -0.3 is 4.90 Å². The van der Waals surface area contributed by atoms with Crippen molar-refractivity contribution in [3.63, 3.8) is 0 Å². The number of rotatable bonds is 4. The lowest BCUT2D eigenvalue weighted by molar-refractivity contribution is -0.149. The molecule has 2 heterocycles. The van der Waals surface area contributed by atoms with Crippen molar-refractivity contribution < 1.29 is 14.4 Å². The number of benzene rings is 1. The zero-order chi connectivity index (χ0) is 18.2. The molecule has 1 aliphatic heterocycles. The summed E-state index contributed by atoms with van der Waals surface area (Å²) in [6.45, 7) is 5.79. The lowest BCUT2D eigenvalue weighted by Crippen LogP contribution is -2.48. The molecule has 1 aromatic heterocycles. The van der Waals surface area contributed by atoms with Crippen molar-refractivity contribution in [3.8, 4) is 0 Å². The standard InChI is InChI=1S/C18H22N4O3/c1-4-18(2,3)15(23)17(25)21-11-7-10-14(21)16(24)22-13-9-6-5-8-12(13)19-20-22/h5-6,8-9,14H,4,7,10-11H2,1-3H3. The first-order valence-electron chi connectivity index (χ1n) is 8.57. The van der Waals surface area contributed by atoms with Gasteiger partial charge in [0.15, 0.2) is 0 Å². The average molecular weight is 342 g/mol. The van der Waals surface area contributed by atoms with Crippen LogP contribution in [-0.2, 0) is 9.59 Å². The molecule has 0 bridgehead atoms. The molecule has 7 heteroatoms. The molecule has 1 aliphatic rings. The van der Waals surface area contributed by atoms with E-state index in [9.17, 15) is 14.4 Å². The quantitative estimate of drug-likeness (QED) is 0.794. The maximum atomic E-state index is 12.9. The van der Waals surface area contributed by atoms with Crippen LogP contribution in [0.2, 0.25) is 0 Å². The van der Waals surface area contributed by atoms with E-state index in [2.05, 4.69) is 10.3 Å². The van der Waals surface area contributed by atoms with Gasteiger partial charge in [-0.05, 0) is 31.4 Å². The second-order valence-corrected chi connectivity index (χ2v) is 7.05. The third-order valence-corrected chi connectivity index (χ3v) is 5.05. The predicted molar refractivity (Wildman–Crippen MR) is 92.0 cm³/mol. The molecule has 0 N–H and O–H groups in total. The SMILES string of the molecule is CCC(C)(C)C(=O)C(=O)N1CCCC1C(=O)n1nnc2ccccc21. The molecule has 0 aliphatic carbocycles. The third-order valence-electron chi connectivity index (χ3n) is 5.05. The summed E-state index contributed by atoms with van der Waals surface area (Å²) in [7, 11) is 0. The monoisotopic (exact) mass is 342 g/mol. The van der Waals surface area contributed by atoms with Crippen molar-refractivity contribution >= 4 is 28.6 Å². The smallest absolute Gasteiger partial charge is 0.291 e. The first kappa shape index (κ1) is 17.3. The van der Waals surface area contributed by atoms with Gasteiger partial charge in [-0.2, -0.15) is 4.68 Å². The minimum atomic E-state index is -0.729. The Labute approximate surface area is 146 Å². The molecule has 0 radical (unpaired) electrons. The van der Waals surface area contributed by atoms with E-state index in [0.717, 1.165) is 0 Å². The van der Waals surface area contributed by atoms with Crippen molar-refractivity contribution in [2.45, 2.75) is 46.1 Å². The number of carbonyl (C=O) groups excluding carboxylic acids is 3. The van der Waals surface area contributed by atoms with Gasteiger partial charge in [0, 0.05) is 12.0 Å². The minimum Gasteiger partial charge on any atom is -0.324 e. The molecule has 2 aromatic rings. The van der Waals surface area contributed by atoms with Crippen LogP contribution in [0.1, 0.15) is 44.8 Å². The molecule has 1 saturated heterocycles. The van der Waals surface area contributed by atoms with Crippen molar-refractivity contribution in [2.24, 2.45) is 5.41 Å². The van der Waals surface area contributed by atoms with E-state index in [1.165, 1.54) is 9.58 Å².